The van der Waals surface area contributed by atoms with Crippen LogP contribution >= 0.6 is 0 Å². The molecule has 0 aliphatic carbocycles. The molecular formula is C24H26N2O4. The Morgan fingerprint density at radius 2 is 1.83 bits per heavy atom. The summed E-state index contributed by atoms with van der Waals surface area (Å²) in [7, 11) is 4.69. The summed E-state index contributed by atoms with van der Waals surface area (Å²) in [6, 6.07) is 16.1. The van der Waals surface area contributed by atoms with Gasteiger partial charge in [0.2, 0.25) is 0 Å². The monoisotopic (exact) mass is 406 g/mol. The van der Waals surface area contributed by atoms with Crippen LogP contribution in [0, 0.1) is 0 Å². The van der Waals surface area contributed by atoms with Crippen LogP contribution in [0.3, 0.4) is 0 Å². The van der Waals surface area contributed by atoms with Crippen molar-refractivity contribution in [1.29, 1.82) is 0 Å². The molecule has 1 aliphatic rings. The lowest BCUT2D eigenvalue weighted by Gasteiger charge is -2.37. The van der Waals surface area contributed by atoms with E-state index in [9.17, 15) is 4.79 Å². The fourth-order valence-electron chi connectivity index (χ4n) is 4.15. The van der Waals surface area contributed by atoms with Gasteiger partial charge in [0.1, 0.15) is 0 Å². The Balaban J connectivity index is 1.69. The molecular weight excluding hydrogens is 380 g/mol. The van der Waals surface area contributed by atoms with E-state index in [2.05, 4.69) is 23.1 Å². The number of fused-ring (bicyclic) bond motifs is 2. The van der Waals surface area contributed by atoms with E-state index >= 15 is 0 Å². The van der Waals surface area contributed by atoms with E-state index in [1.165, 1.54) is 12.7 Å². The summed E-state index contributed by atoms with van der Waals surface area (Å²) in [5.41, 5.74) is 4.20. The van der Waals surface area contributed by atoms with Gasteiger partial charge in [-0.25, -0.2) is 0 Å². The molecule has 0 saturated heterocycles. The molecule has 0 saturated carbocycles. The van der Waals surface area contributed by atoms with Gasteiger partial charge in [0.25, 0.3) is 0 Å². The number of carbonyl (C=O) groups is 1. The van der Waals surface area contributed by atoms with E-state index in [1.807, 2.05) is 30.3 Å². The summed E-state index contributed by atoms with van der Waals surface area (Å²) in [4.78, 5) is 19.3. The van der Waals surface area contributed by atoms with Crippen LogP contribution in [0.5, 0.6) is 11.5 Å². The van der Waals surface area contributed by atoms with Crippen LogP contribution in [0.25, 0.3) is 10.9 Å². The van der Waals surface area contributed by atoms with E-state index in [4.69, 9.17) is 19.2 Å². The number of hydrogen-bond donors (Lipinski definition) is 0. The first kappa shape index (κ1) is 20.2. The number of rotatable bonds is 6. The van der Waals surface area contributed by atoms with Crippen molar-refractivity contribution in [3.8, 4) is 11.5 Å². The summed E-state index contributed by atoms with van der Waals surface area (Å²) in [6.07, 6.45) is 1.13. The summed E-state index contributed by atoms with van der Waals surface area (Å²) in [6.45, 7) is 1.47. The van der Waals surface area contributed by atoms with Crippen molar-refractivity contribution in [2.24, 2.45) is 0 Å². The van der Waals surface area contributed by atoms with Crippen molar-refractivity contribution in [3.05, 3.63) is 65.4 Å². The van der Waals surface area contributed by atoms with Gasteiger partial charge in [0.05, 0.1) is 39.0 Å². The quantitative estimate of drug-likeness (QED) is 0.579. The van der Waals surface area contributed by atoms with Crippen molar-refractivity contribution in [3.63, 3.8) is 0 Å². The molecule has 0 N–H and O–H groups in total. The third-order valence-electron chi connectivity index (χ3n) is 5.72. The number of hydrogen-bond acceptors (Lipinski definition) is 6. The van der Waals surface area contributed by atoms with Crippen LogP contribution in [0.15, 0.2) is 48.5 Å². The molecule has 6 heteroatoms. The Hall–Kier alpha value is -3.12. The van der Waals surface area contributed by atoms with Crippen LogP contribution < -0.4 is 9.47 Å². The first-order chi connectivity index (χ1) is 14.6. The molecule has 1 aliphatic heterocycles. The number of benzene rings is 2. The van der Waals surface area contributed by atoms with Gasteiger partial charge in [-0.05, 0) is 41.8 Å². The van der Waals surface area contributed by atoms with E-state index in [1.54, 1.807) is 14.2 Å². The molecule has 1 atom stereocenters. The second-order valence-electron chi connectivity index (χ2n) is 7.42. The maximum atomic E-state index is 12.2. The molecule has 6 nitrogen and oxygen atoms in total. The predicted octanol–water partition coefficient (Wildman–Crippen LogP) is 3.91. The van der Waals surface area contributed by atoms with Crippen molar-refractivity contribution < 1.29 is 19.0 Å². The first-order valence-electron chi connectivity index (χ1n) is 10.0. The SMILES string of the molecule is COC(=O)C[C@H]1c2cc(OC)c(OC)cc2CCN1Cc1ccc2ccccc2n1. The molecule has 4 rings (SSSR count). The van der Waals surface area contributed by atoms with Gasteiger partial charge in [0, 0.05) is 24.5 Å². The van der Waals surface area contributed by atoms with Crippen molar-refractivity contribution in [2.45, 2.75) is 25.4 Å². The fourth-order valence-corrected chi connectivity index (χ4v) is 4.15. The molecule has 0 unspecified atom stereocenters. The van der Waals surface area contributed by atoms with Gasteiger partial charge >= 0.3 is 5.97 Å². The van der Waals surface area contributed by atoms with Gasteiger partial charge in [-0.3, -0.25) is 14.7 Å². The summed E-state index contributed by atoms with van der Waals surface area (Å²) in [5.74, 6) is 1.13. The number of carbonyl (C=O) groups excluding carboxylic acids is 1. The number of nitrogens with zero attached hydrogens (tertiary/aromatic N) is 2. The average molecular weight is 406 g/mol. The second-order valence-corrected chi connectivity index (χ2v) is 7.42. The molecule has 0 spiro atoms. The van der Waals surface area contributed by atoms with Gasteiger partial charge in [-0.15, -0.1) is 0 Å². The summed E-state index contributed by atoms with van der Waals surface area (Å²) in [5, 5.41) is 1.12. The van der Waals surface area contributed by atoms with Gasteiger partial charge in [0.15, 0.2) is 11.5 Å². The Labute approximate surface area is 176 Å². The number of aromatic nitrogens is 1. The minimum atomic E-state index is -0.237. The molecule has 2 heterocycles. The number of methoxy groups -OCH3 is 3. The van der Waals surface area contributed by atoms with Gasteiger partial charge in [-0.1, -0.05) is 24.3 Å². The molecule has 30 heavy (non-hydrogen) atoms. The zero-order valence-corrected chi connectivity index (χ0v) is 17.6. The molecule has 0 amide bonds. The highest BCUT2D eigenvalue weighted by Crippen LogP contribution is 2.40. The molecule has 0 fully saturated rings. The maximum absolute atomic E-state index is 12.2. The van der Waals surface area contributed by atoms with Crippen LogP contribution in [-0.4, -0.2) is 43.7 Å². The summed E-state index contributed by atoms with van der Waals surface area (Å²) < 4.78 is 16.0. The van der Waals surface area contributed by atoms with Gasteiger partial charge in [-0.2, -0.15) is 0 Å². The van der Waals surface area contributed by atoms with Crippen LogP contribution in [0.2, 0.25) is 0 Å². The predicted molar refractivity (Wildman–Crippen MR) is 115 cm³/mol. The van der Waals surface area contributed by atoms with E-state index in [-0.39, 0.29) is 18.4 Å². The Morgan fingerprint density at radius 1 is 1.07 bits per heavy atom. The molecule has 2 aromatic carbocycles. The van der Waals surface area contributed by atoms with Crippen molar-refractivity contribution in [1.82, 2.24) is 9.88 Å². The third-order valence-corrected chi connectivity index (χ3v) is 5.72. The first-order valence-corrected chi connectivity index (χ1v) is 10.0. The highest BCUT2D eigenvalue weighted by Gasteiger charge is 2.31. The van der Waals surface area contributed by atoms with Crippen LogP contribution in [-0.2, 0) is 22.5 Å². The topological polar surface area (TPSA) is 60.9 Å². The molecule has 0 bridgehead atoms. The minimum absolute atomic E-state index is 0.116. The smallest absolute Gasteiger partial charge is 0.307 e. The fraction of sp³-hybridized carbons (Fsp3) is 0.333. The number of ether oxygens (including phenoxy) is 3. The van der Waals surface area contributed by atoms with Crippen molar-refractivity contribution >= 4 is 16.9 Å². The lowest BCUT2D eigenvalue weighted by Crippen LogP contribution is -2.36. The Bertz CT molecular complexity index is 1070. The molecule has 3 aromatic rings. The number of para-hydroxylation sites is 1. The molecule has 156 valence electrons. The van der Waals surface area contributed by atoms with E-state index in [0.717, 1.165) is 35.1 Å². The van der Waals surface area contributed by atoms with Crippen LogP contribution in [0.4, 0.5) is 0 Å². The maximum Gasteiger partial charge on any atom is 0.307 e. The Kier molecular flexibility index (Phi) is 5.86. The minimum Gasteiger partial charge on any atom is -0.493 e. The normalized spacial score (nSPS) is 16.2. The number of esters is 1. The van der Waals surface area contributed by atoms with E-state index < -0.39 is 0 Å². The lowest BCUT2D eigenvalue weighted by molar-refractivity contribution is -0.142. The third kappa shape index (κ3) is 3.96. The lowest BCUT2D eigenvalue weighted by atomic mass is 9.89. The number of pyridine rings is 1. The molecule has 1 aromatic heterocycles. The highest BCUT2D eigenvalue weighted by atomic mass is 16.5. The zero-order valence-electron chi connectivity index (χ0n) is 17.6. The second kappa shape index (κ2) is 8.71. The molecule has 0 radical (unpaired) electrons. The van der Waals surface area contributed by atoms with Gasteiger partial charge < -0.3 is 14.2 Å². The highest BCUT2D eigenvalue weighted by molar-refractivity contribution is 5.78. The zero-order chi connectivity index (χ0) is 21.1. The van der Waals surface area contributed by atoms with Crippen LogP contribution in [0.1, 0.15) is 29.3 Å². The standard InChI is InChI=1S/C24H26N2O4/c1-28-22-12-17-10-11-26(15-18-9-8-16-6-4-5-7-20(16)25-18)21(14-24(27)30-3)19(17)13-23(22)29-2/h4-9,12-13,21H,10-11,14-15H2,1-3H3/t21-/m0/s1. The average Bonchev–Trinajstić information content (AvgIpc) is 2.79. The van der Waals surface area contributed by atoms with Crippen molar-refractivity contribution in [2.75, 3.05) is 27.9 Å². The van der Waals surface area contributed by atoms with E-state index in [0.29, 0.717) is 18.0 Å². The summed E-state index contributed by atoms with van der Waals surface area (Å²) >= 11 is 0. The Morgan fingerprint density at radius 3 is 2.60 bits per heavy atom. The largest absolute Gasteiger partial charge is 0.493 e.